The van der Waals surface area contributed by atoms with Crippen molar-refractivity contribution in [2.75, 3.05) is 0 Å². The Kier molecular flexibility index (Phi) is 2.96. The maximum atomic E-state index is 12.1. The molecule has 0 aliphatic heterocycles. The third-order valence-corrected chi connectivity index (χ3v) is 4.12. The Morgan fingerprint density at radius 3 is 2.85 bits per heavy atom. The van der Waals surface area contributed by atoms with Gasteiger partial charge in [-0.3, -0.25) is 4.98 Å². The molecule has 0 fully saturated rings. The highest BCUT2D eigenvalue weighted by Gasteiger charge is 2.16. The average Bonchev–Trinajstić information content (AvgIpc) is 3.03. The zero-order valence-electron chi connectivity index (χ0n) is 10.1. The van der Waals surface area contributed by atoms with Crippen molar-refractivity contribution < 1.29 is 17.3 Å². The SMILES string of the molecule is O=c1[nH]c2ccc(S(=O)(=O)NCc3ccco3)cc2o1. The lowest BCUT2D eigenvalue weighted by molar-refractivity contribution is 0.498. The highest BCUT2D eigenvalue weighted by molar-refractivity contribution is 7.89. The largest absolute Gasteiger partial charge is 0.468 e. The van der Waals surface area contributed by atoms with Crippen molar-refractivity contribution in [3.63, 3.8) is 0 Å². The van der Waals surface area contributed by atoms with Gasteiger partial charge in [-0.05, 0) is 24.3 Å². The van der Waals surface area contributed by atoms with Crippen LogP contribution in [-0.4, -0.2) is 13.4 Å². The molecular weight excluding hydrogens is 284 g/mol. The van der Waals surface area contributed by atoms with Crippen molar-refractivity contribution >= 4 is 21.1 Å². The van der Waals surface area contributed by atoms with E-state index in [1.54, 1.807) is 12.1 Å². The lowest BCUT2D eigenvalue weighted by Gasteiger charge is -2.04. The summed E-state index contributed by atoms with van der Waals surface area (Å²) in [5.74, 6) is -0.124. The van der Waals surface area contributed by atoms with Crippen LogP contribution in [0.15, 0.2) is 55.1 Å². The first-order valence-corrected chi connectivity index (χ1v) is 7.18. The van der Waals surface area contributed by atoms with E-state index in [1.165, 1.54) is 24.5 Å². The molecule has 0 spiro atoms. The lowest BCUT2D eigenvalue weighted by atomic mass is 10.3. The summed E-state index contributed by atoms with van der Waals surface area (Å²) in [6.45, 7) is 0.0461. The summed E-state index contributed by atoms with van der Waals surface area (Å²) in [5, 5.41) is 0. The van der Waals surface area contributed by atoms with Crippen LogP contribution in [0.3, 0.4) is 0 Å². The van der Waals surface area contributed by atoms with Gasteiger partial charge >= 0.3 is 5.76 Å². The Morgan fingerprint density at radius 1 is 1.25 bits per heavy atom. The van der Waals surface area contributed by atoms with Gasteiger partial charge in [-0.2, -0.15) is 0 Å². The van der Waals surface area contributed by atoms with Gasteiger partial charge in [0.1, 0.15) is 5.76 Å². The average molecular weight is 294 g/mol. The third kappa shape index (κ3) is 2.38. The Bertz CT molecular complexity index is 889. The quantitative estimate of drug-likeness (QED) is 0.752. The molecule has 0 saturated carbocycles. The van der Waals surface area contributed by atoms with Crippen LogP contribution in [0.25, 0.3) is 11.1 Å². The van der Waals surface area contributed by atoms with E-state index in [2.05, 4.69) is 9.71 Å². The minimum absolute atomic E-state index is 0.0132. The maximum absolute atomic E-state index is 12.1. The standard InChI is InChI=1S/C12H10N2O5S/c15-12-14-10-4-3-9(6-11(10)19-12)20(16,17)13-7-8-2-1-5-18-8/h1-6,13H,7H2,(H,14,15). The second kappa shape index (κ2) is 4.66. The maximum Gasteiger partial charge on any atom is 0.417 e. The van der Waals surface area contributed by atoms with Gasteiger partial charge in [0.2, 0.25) is 10.0 Å². The number of fused-ring (bicyclic) bond motifs is 1. The molecule has 0 bridgehead atoms. The predicted octanol–water partition coefficient (Wildman–Crippen LogP) is 1.19. The zero-order chi connectivity index (χ0) is 14.2. The molecule has 0 radical (unpaired) electrons. The summed E-state index contributed by atoms with van der Waals surface area (Å²) in [6, 6.07) is 7.48. The molecule has 0 aliphatic carbocycles. The Balaban J connectivity index is 1.90. The first-order valence-electron chi connectivity index (χ1n) is 5.69. The van der Waals surface area contributed by atoms with Gasteiger partial charge < -0.3 is 8.83 Å². The van der Waals surface area contributed by atoms with Crippen LogP contribution in [0.5, 0.6) is 0 Å². The number of aromatic nitrogens is 1. The fourth-order valence-corrected chi connectivity index (χ4v) is 2.76. The topological polar surface area (TPSA) is 105 Å². The van der Waals surface area contributed by atoms with Crippen molar-refractivity contribution in [2.45, 2.75) is 11.4 Å². The van der Waals surface area contributed by atoms with Crippen molar-refractivity contribution in [1.82, 2.24) is 9.71 Å². The zero-order valence-corrected chi connectivity index (χ0v) is 10.9. The summed E-state index contributed by atoms with van der Waals surface area (Å²) < 4.78 is 36.5. The monoisotopic (exact) mass is 294 g/mol. The van der Waals surface area contributed by atoms with Gasteiger partial charge in [-0.1, -0.05) is 0 Å². The van der Waals surface area contributed by atoms with E-state index in [0.29, 0.717) is 11.3 Å². The molecular formula is C12H10N2O5S. The number of H-pyrrole nitrogens is 1. The summed E-state index contributed by atoms with van der Waals surface area (Å²) in [6.07, 6.45) is 1.46. The molecule has 8 heteroatoms. The first kappa shape index (κ1) is 12.7. The molecule has 2 N–H and O–H groups in total. The van der Waals surface area contributed by atoms with Crippen molar-refractivity contribution in [3.05, 3.63) is 52.9 Å². The van der Waals surface area contributed by atoms with E-state index in [4.69, 9.17) is 8.83 Å². The van der Waals surface area contributed by atoms with Crippen molar-refractivity contribution in [1.29, 1.82) is 0 Å². The number of rotatable bonds is 4. The van der Waals surface area contributed by atoms with Crippen LogP contribution in [0.4, 0.5) is 0 Å². The number of aromatic amines is 1. The molecule has 3 rings (SSSR count). The predicted molar refractivity (Wildman–Crippen MR) is 69.6 cm³/mol. The molecule has 2 heterocycles. The second-order valence-electron chi connectivity index (χ2n) is 4.08. The Morgan fingerprint density at radius 2 is 2.10 bits per heavy atom. The first-order chi connectivity index (χ1) is 9.54. The van der Waals surface area contributed by atoms with E-state index < -0.39 is 15.8 Å². The summed E-state index contributed by atoms with van der Waals surface area (Å²) >= 11 is 0. The van der Waals surface area contributed by atoms with Gasteiger partial charge in [0.05, 0.1) is 23.2 Å². The highest BCUT2D eigenvalue weighted by Crippen LogP contribution is 2.16. The van der Waals surface area contributed by atoms with Crippen LogP contribution in [0.1, 0.15) is 5.76 Å². The molecule has 3 aromatic rings. The molecule has 104 valence electrons. The Hall–Kier alpha value is -2.32. The number of benzene rings is 1. The van der Waals surface area contributed by atoms with Gasteiger partial charge in [-0.15, -0.1) is 0 Å². The number of oxazole rings is 1. The van der Waals surface area contributed by atoms with Crippen LogP contribution in [-0.2, 0) is 16.6 Å². The van der Waals surface area contributed by atoms with E-state index in [-0.39, 0.29) is 17.0 Å². The van der Waals surface area contributed by atoms with E-state index in [1.807, 2.05) is 0 Å². The molecule has 0 amide bonds. The van der Waals surface area contributed by atoms with E-state index in [9.17, 15) is 13.2 Å². The number of sulfonamides is 1. The van der Waals surface area contributed by atoms with Crippen LogP contribution < -0.4 is 10.5 Å². The number of hydrogen-bond donors (Lipinski definition) is 2. The molecule has 1 aromatic carbocycles. The molecule has 0 atom stereocenters. The number of hydrogen-bond acceptors (Lipinski definition) is 5. The molecule has 0 unspecified atom stereocenters. The van der Waals surface area contributed by atoms with E-state index >= 15 is 0 Å². The minimum Gasteiger partial charge on any atom is -0.468 e. The second-order valence-corrected chi connectivity index (χ2v) is 5.84. The summed E-state index contributed by atoms with van der Waals surface area (Å²) in [5.41, 5.74) is 0.635. The van der Waals surface area contributed by atoms with Gasteiger partial charge in [0, 0.05) is 6.07 Å². The Labute approximate surface area is 113 Å². The van der Waals surface area contributed by atoms with Crippen LogP contribution in [0.2, 0.25) is 0 Å². The van der Waals surface area contributed by atoms with Gasteiger partial charge in [0.15, 0.2) is 5.58 Å². The van der Waals surface area contributed by atoms with Crippen molar-refractivity contribution in [2.24, 2.45) is 0 Å². The van der Waals surface area contributed by atoms with Crippen LogP contribution >= 0.6 is 0 Å². The lowest BCUT2D eigenvalue weighted by Crippen LogP contribution is -2.22. The number of furan rings is 1. The van der Waals surface area contributed by atoms with Crippen LogP contribution in [0, 0.1) is 0 Å². The van der Waals surface area contributed by atoms with Gasteiger partial charge in [-0.25, -0.2) is 17.9 Å². The van der Waals surface area contributed by atoms with Crippen molar-refractivity contribution in [3.8, 4) is 0 Å². The molecule has 2 aromatic heterocycles. The molecule has 0 aliphatic rings. The van der Waals surface area contributed by atoms with Gasteiger partial charge in [0.25, 0.3) is 0 Å². The minimum atomic E-state index is -3.70. The number of nitrogens with one attached hydrogen (secondary N) is 2. The molecule has 0 saturated heterocycles. The molecule has 7 nitrogen and oxygen atoms in total. The normalized spacial score (nSPS) is 12.0. The molecule has 20 heavy (non-hydrogen) atoms. The summed E-state index contributed by atoms with van der Waals surface area (Å²) in [7, 11) is -3.70. The fraction of sp³-hybridized carbons (Fsp3) is 0.0833. The third-order valence-electron chi connectivity index (χ3n) is 2.72. The summed E-state index contributed by atoms with van der Waals surface area (Å²) in [4.78, 5) is 13.5. The smallest absolute Gasteiger partial charge is 0.417 e. The highest BCUT2D eigenvalue weighted by atomic mass is 32.2. The fourth-order valence-electron chi connectivity index (χ4n) is 1.76. The van der Waals surface area contributed by atoms with E-state index in [0.717, 1.165) is 0 Å².